The maximum Gasteiger partial charge on any atom is 0.177 e. The maximum absolute atomic E-state index is 5.32. The lowest BCUT2D eigenvalue weighted by Crippen LogP contribution is -2.17. The summed E-state index contributed by atoms with van der Waals surface area (Å²) in [6.07, 6.45) is 5.66. The second-order valence-electron chi connectivity index (χ2n) is 3.65. The van der Waals surface area contributed by atoms with Crippen LogP contribution in [-0.4, -0.2) is 21.1 Å². The molecule has 2 nitrogen and oxygen atoms in total. The van der Waals surface area contributed by atoms with Crippen LogP contribution in [0.2, 0.25) is 0 Å². The predicted molar refractivity (Wildman–Crippen MR) is 64.6 cm³/mol. The van der Waals surface area contributed by atoms with Crippen molar-refractivity contribution >= 4 is 24.0 Å². The minimum Gasteiger partial charge on any atom is -0.337 e. The van der Waals surface area contributed by atoms with Crippen molar-refractivity contribution in [3.8, 4) is 0 Å². The van der Waals surface area contributed by atoms with E-state index in [1.165, 1.54) is 30.0 Å². The van der Waals surface area contributed by atoms with Gasteiger partial charge in [0.2, 0.25) is 0 Å². The van der Waals surface area contributed by atoms with Crippen LogP contribution in [-0.2, 0) is 6.42 Å². The third-order valence-corrected chi connectivity index (χ3v) is 4.17. The molecule has 1 aliphatic rings. The van der Waals surface area contributed by atoms with Crippen LogP contribution >= 0.6 is 24.0 Å². The molecular weight excluding hydrogens is 212 g/mol. The minimum atomic E-state index is 0.643. The molecule has 0 radical (unpaired) electrons. The number of aromatic amines is 1. The summed E-state index contributed by atoms with van der Waals surface area (Å²) < 4.78 is 3.23. The zero-order valence-electron chi connectivity index (χ0n) is 8.45. The van der Waals surface area contributed by atoms with Gasteiger partial charge in [0.05, 0.1) is 0 Å². The summed E-state index contributed by atoms with van der Waals surface area (Å²) >= 11 is 7.38. The second kappa shape index (κ2) is 4.53. The molecule has 1 aromatic rings. The van der Waals surface area contributed by atoms with Gasteiger partial charge < -0.3 is 9.55 Å². The highest BCUT2D eigenvalue weighted by Crippen LogP contribution is 2.28. The Labute approximate surface area is 94.1 Å². The van der Waals surface area contributed by atoms with Crippen LogP contribution in [0.4, 0.5) is 0 Å². The molecular formula is C10H16N2S2. The molecule has 1 aliphatic heterocycles. The zero-order chi connectivity index (χ0) is 9.97. The first kappa shape index (κ1) is 10.3. The molecule has 2 heterocycles. The Kier molecular flexibility index (Phi) is 3.34. The molecule has 0 atom stereocenters. The summed E-state index contributed by atoms with van der Waals surface area (Å²) in [5, 5.41) is 0. The molecule has 1 aromatic heterocycles. The molecule has 1 saturated heterocycles. The maximum atomic E-state index is 5.32. The highest BCUT2D eigenvalue weighted by Gasteiger charge is 2.17. The first-order chi connectivity index (χ1) is 6.83. The van der Waals surface area contributed by atoms with Crippen molar-refractivity contribution < 1.29 is 0 Å². The van der Waals surface area contributed by atoms with Gasteiger partial charge in [0.15, 0.2) is 4.77 Å². The monoisotopic (exact) mass is 228 g/mol. The highest BCUT2D eigenvalue weighted by molar-refractivity contribution is 7.99. The molecule has 0 amide bonds. The highest BCUT2D eigenvalue weighted by atomic mass is 32.2. The van der Waals surface area contributed by atoms with Crippen molar-refractivity contribution in [1.82, 2.24) is 9.55 Å². The normalized spacial score (nSPS) is 18.6. The van der Waals surface area contributed by atoms with Gasteiger partial charge in [-0.3, -0.25) is 0 Å². The molecule has 0 spiro atoms. The fourth-order valence-electron chi connectivity index (χ4n) is 2.03. The number of hydrogen-bond acceptors (Lipinski definition) is 2. The number of aromatic nitrogens is 2. The van der Waals surface area contributed by atoms with E-state index in [1.54, 1.807) is 0 Å². The van der Waals surface area contributed by atoms with Crippen LogP contribution in [0.5, 0.6) is 0 Å². The molecule has 14 heavy (non-hydrogen) atoms. The number of aryl methyl sites for hydroxylation is 1. The number of thioether (sulfide) groups is 1. The smallest absolute Gasteiger partial charge is 0.177 e. The van der Waals surface area contributed by atoms with E-state index in [1.807, 2.05) is 0 Å². The van der Waals surface area contributed by atoms with Crippen molar-refractivity contribution in [3.05, 3.63) is 16.7 Å². The first-order valence-corrected chi connectivity index (χ1v) is 6.75. The van der Waals surface area contributed by atoms with E-state index in [0.29, 0.717) is 6.04 Å². The van der Waals surface area contributed by atoms with Crippen LogP contribution in [0.1, 0.15) is 31.5 Å². The molecule has 0 aliphatic carbocycles. The Bertz CT molecular complexity index is 347. The van der Waals surface area contributed by atoms with Gasteiger partial charge in [0.25, 0.3) is 0 Å². The summed E-state index contributed by atoms with van der Waals surface area (Å²) in [7, 11) is 0. The van der Waals surface area contributed by atoms with Gasteiger partial charge in [0, 0.05) is 17.9 Å². The Morgan fingerprint density at radius 2 is 2.29 bits per heavy atom. The van der Waals surface area contributed by atoms with Crippen molar-refractivity contribution in [1.29, 1.82) is 0 Å². The van der Waals surface area contributed by atoms with Gasteiger partial charge in [-0.1, -0.05) is 6.92 Å². The molecule has 0 saturated carbocycles. The molecule has 0 bridgehead atoms. The molecule has 0 aromatic carbocycles. The lowest BCUT2D eigenvalue weighted by molar-refractivity contribution is 0.452. The van der Waals surface area contributed by atoms with Crippen molar-refractivity contribution in [2.24, 2.45) is 0 Å². The summed E-state index contributed by atoms with van der Waals surface area (Å²) in [6, 6.07) is 0.643. The van der Waals surface area contributed by atoms with Crippen LogP contribution < -0.4 is 0 Å². The van der Waals surface area contributed by atoms with Crippen molar-refractivity contribution in [2.45, 2.75) is 32.2 Å². The molecule has 1 N–H and O–H groups in total. The van der Waals surface area contributed by atoms with Gasteiger partial charge in [-0.25, -0.2) is 0 Å². The summed E-state index contributed by atoms with van der Waals surface area (Å²) in [5.74, 6) is 2.56. The SMILES string of the molecule is CCc1c[nH]c(=S)n1C1CCSCC1. The molecule has 78 valence electrons. The van der Waals surface area contributed by atoms with Crippen LogP contribution in [0.15, 0.2) is 6.20 Å². The third kappa shape index (κ3) is 1.91. The van der Waals surface area contributed by atoms with E-state index < -0.39 is 0 Å². The van der Waals surface area contributed by atoms with Crippen LogP contribution in [0.25, 0.3) is 0 Å². The number of rotatable bonds is 2. The fourth-order valence-corrected chi connectivity index (χ4v) is 3.44. The average Bonchev–Trinajstić information content (AvgIpc) is 2.61. The van der Waals surface area contributed by atoms with Gasteiger partial charge >= 0.3 is 0 Å². The molecule has 1 fully saturated rings. The van der Waals surface area contributed by atoms with E-state index in [0.717, 1.165) is 11.2 Å². The van der Waals surface area contributed by atoms with E-state index >= 15 is 0 Å². The van der Waals surface area contributed by atoms with Gasteiger partial charge in [-0.15, -0.1) is 0 Å². The van der Waals surface area contributed by atoms with E-state index in [-0.39, 0.29) is 0 Å². The number of nitrogens with one attached hydrogen (secondary N) is 1. The van der Waals surface area contributed by atoms with Gasteiger partial charge in [0.1, 0.15) is 0 Å². The van der Waals surface area contributed by atoms with E-state index in [4.69, 9.17) is 12.2 Å². The van der Waals surface area contributed by atoms with Crippen molar-refractivity contribution in [2.75, 3.05) is 11.5 Å². The van der Waals surface area contributed by atoms with E-state index in [9.17, 15) is 0 Å². The lowest BCUT2D eigenvalue weighted by atomic mass is 10.1. The number of hydrogen-bond donors (Lipinski definition) is 1. The van der Waals surface area contributed by atoms with E-state index in [2.05, 4.69) is 34.4 Å². The predicted octanol–water partition coefficient (Wildman–Crippen LogP) is 3.18. The Hall–Kier alpha value is -0.220. The fraction of sp³-hybridized carbons (Fsp3) is 0.700. The zero-order valence-corrected chi connectivity index (χ0v) is 10.1. The standard InChI is InChI=1S/C10H16N2S2/c1-2-8-7-11-10(13)12(8)9-3-5-14-6-4-9/h7,9H,2-6H2,1H3,(H,11,13). The number of nitrogens with zero attached hydrogens (tertiary/aromatic N) is 1. The van der Waals surface area contributed by atoms with Crippen molar-refractivity contribution in [3.63, 3.8) is 0 Å². The summed E-state index contributed by atoms with van der Waals surface area (Å²) in [5.41, 5.74) is 1.35. The number of imidazole rings is 1. The topological polar surface area (TPSA) is 20.7 Å². The largest absolute Gasteiger partial charge is 0.337 e. The Balaban J connectivity index is 2.28. The summed E-state index contributed by atoms with van der Waals surface area (Å²) in [6.45, 7) is 2.19. The summed E-state index contributed by atoms with van der Waals surface area (Å²) in [4.78, 5) is 3.16. The molecule has 4 heteroatoms. The molecule has 2 rings (SSSR count). The van der Waals surface area contributed by atoms with Gasteiger partial charge in [-0.2, -0.15) is 11.8 Å². The van der Waals surface area contributed by atoms with Gasteiger partial charge in [-0.05, 0) is 43.0 Å². The number of H-pyrrole nitrogens is 1. The second-order valence-corrected chi connectivity index (χ2v) is 5.26. The minimum absolute atomic E-state index is 0.643. The third-order valence-electron chi connectivity index (χ3n) is 2.81. The molecule has 0 unspecified atom stereocenters. The average molecular weight is 228 g/mol. The van der Waals surface area contributed by atoms with Crippen LogP contribution in [0.3, 0.4) is 0 Å². The van der Waals surface area contributed by atoms with Crippen LogP contribution in [0, 0.1) is 4.77 Å². The first-order valence-electron chi connectivity index (χ1n) is 5.19. The Morgan fingerprint density at radius 3 is 2.93 bits per heavy atom. The quantitative estimate of drug-likeness (QED) is 0.785. The Morgan fingerprint density at radius 1 is 1.57 bits per heavy atom. The lowest BCUT2D eigenvalue weighted by Gasteiger charge is -2.24.